The predicted octanol–water partition coefficient (Wildman–Crippen LogP) is 1.55. The van der Waals surface area contributed by atoms with Gasteiger partial charge in [-0.1, -0.05) is 13.8 Å². The van der Waals surface area contributed by atoms with Crippen molar-refractivity contribution in [2.45, 2.75) is 32.1 Å². The number of hydrogen-bond acceptors (Lipinski definition) is 2. The molecule has 0 N–H and O–H groups in total. The lowest BCUT2D eigenvalue weighted by Crippen LogP contribution is -2.22. The Morgan fingerprint density at radius 2 is 1.50 bits per heavy atom. The first-order valence-corrected chi connectivity index (χ1v) is 3.76. The van der Waals surface area contributed by atoms with E-state index < -0.39 is 5.38 Å². The molecule has 2 nitrogen and oxygen atoms in total. The van der Waals surface area contributed by atoms with Crippen LogP contribution in [0.5, 0.6) is 0 Å². The van der Waals surface area contributed by atoms with E-state index in [1.54, 1.807) is 13.8 Å². The van der Waals surface area contributed by atoms with Gasteiger partial charge in [-0.3, -0.25) is 9.59 Å². The number of ketones is 2. The highest BCUT2D eigenvalue weighted by molar-refractivity contribution is 6.42. The quantitative estimate of drug-likeness (QED) is 0.464. The fourth-order valence-corrected chi connectivity index (χ4v) is 0.847. The molecule has 0 aromatic carbocycles. The van der Waals surface area contributed by atoms with Crippen molar-refractivity contribution < 1.29 is 9.59 Å². The zero-order valence-electron chi connectivity index (χ0n) is 6.19. The Balaban J connectivity index is 3.94. The topological polar surface area (TPSA) is 34.1 Å². The van der Waals surface area contributed by atoms with Gasteiger partial charge in [-0.25, -0.2) is 0 Å². The van der Waals surface area contributed by atoms with E-state index in [0.29, 0.717) is 12.8 Å². The molecule has 0 heterocycles. The van der Waals surface area contributed by atoms with Crippen LogP contribution in [0.1, 0.15) is 26.7 Å². The summed E-state index contributed by atoms with van der Waals surface area (Å²) in [5.41, 5.74) is 0. The van der Waals surface area contributed by atoms with Crippen molar-refractivity contribution in [3.8, 4) is 0 Å². The number of carbonyl (C=O) groups is 2. The largest absolute Gasteiger partial charge is 0.298 e. The number of rotatable bonds is 4. The number of alkyl halides is 1. The van der Waals surface area contributed by atoms with Crippen LogP contribution in [0.15, 0.2) is 0 Å². The molecule has 0 unspecified atom stereocenters. The van der Waals surface area contributed by atoms with Gasteiger partial charge in [0.15, 0.2) is 16.9 Å². The van der Waals surface area contributed by atoms with Crippen molar-refractivity contribution in [2.24, 2.45) is 0 Å². The summed E-state index contributed by atoms with van der Waals surface area (Å²) >= 11 is 5.48. The second kappa shape index (κ2) is 4.45. The van der Waals surface area contributed by atoms with Crippen LogP contribution in [-0.4, -0.2) is 16.9 Å². The average Bonchev–Trinajstić information content (AvgIpc) is 2.00. The van der Waals surface area contributed by atoms with Gasteiger partial charge in [0.05, 0.1) is 0 Å². The van der Waals surface area contributed by atoms with Crippen molar-refractivity contribution in [2.75, 3.05) is 0 Å². The van der Waals surface area contributed by atoms with E-state index in [9.17, 15) is 9.59 Å². The summed E-state index contributed by atoms with van der Waals surface area (Å²) in [5, 5.41) is -0.907. The average molecular weight is 163 g/mol. The van der Waals surface area contributed by atoms with Gasteiger partial charge in [0.2, 0.25) is 0 Å². The zero-order valence-corrected chi connectivity index (χ0v) is 6.94. The highest BCUT2D eigenvalue weighted by Crippen LogP contribution is 2.04. The summed E-state index contributed by atoms with van der Waals surface area (Å²) in [4.78, 5) is 21.5. The first-order chi connectivity index (χ1) is 4.63. The van der Waals surface area contributed by atoms with Crippen LogP contribution in [0.25, 0.3) is 0 Å². The van der Waals surface area contributed by atoms with Crippen LogP contribution in [-0.2, 0) is 9.59 Å². The molecular formula is C7H11ClO2. The van der Waals surface area contributed by atoms with E-state index in [0.717, 1.165) is 0 Å². The molecule has 0 fully saturated rings. The van der Waals surface area contributed by atoms with E-state index in [1.807, 2.05) is 0 Å². The van der Waals surface area contributed by atoms with Gasteiger partial charge < -0.3 is 0 Å². The van der Waals surface area contributed by atoms with Crippen molar-refractivity contribution >= 4 is 23.2 Å². The molecular weight excluding hydrogens is 152 g/mol. The second-order valence-corrected chi connectivity index (χ2v) is 2.44. The third kappa shape index (κ3) is 2.48. The first-order valence-electron chi connectivity index (χ1n) is 3.33. The van der Waals surface area contributed by atoms with Gasteiger partial charge in [0, 0.05) is 12.8 Å². The lowest BCUT2D eigenvalue weighted by molar-refractivity contribution is -0.126. The molecule has 58 valence electrons. The van der Waals surface area contributed by atoms with Crippen molar-refractivity contribution in [3.05, 3.63) is 0 Å². The minimum atomic E-state index is -0.907. The first kappa shape index (κ1) is 9.63. The molecule has 0 aliphatic heterocycles. The van der Waals surface area contributed by atoms with Crippen molar-refractivity contribution in [3.63, 3.8) is 0 Å². The second-order valence-electron chi connectivity index (χ2n) is 2.00. The van der Waals surface area contributed by atoms with Crippen LogP contribution >= 0.6 is 11.6 Å². The maximum atomic E-state index is 10.8. The van der Waals surface area contributed by atoms with Gasteiger partial charge in [-0.15, -0.1) is 11.6 Å². The number of halogens is 1. The minimum absolute atomic E-state index is 0.187. The van der Waals surface area contributed by atoms with Gasteiger partial charge in [-0.2, -0.15) is 0 Å². The fourth-order valence-electron chi connectivity index (χ4n) is 0.538. The highest BCUT2D eigenvalue weighted by Gasteiger charge is 2.19. The molecule has 0 aliphatic carbocycles. The summed E-state index contributed by atoms with van der Waals surface area (Å²) < 4.78 is 0. The fraction of sp³-hybridized carbons (Fsp3) is 0.714. The molecule has 10 heavy (non-hydrogen) atoms. The molecule has 0 saturated heterocycles. The Hall–Kier alpha value is -0.370. The lowest BCUT2D eigenvalue weighted by Gasteiger charge is -2.01. The molecule has 0 amide bonds. The molecule has 3 heteroatoms. The number of carbonyl (C=O) groups excluding carboxylic acids is 2. The van der Waals surface area contributed by atoms with E-state index in [4.69, 9.17) is 11.6 Å². The Bertz CT molecular complexity index is 127. The number of Topliss-reactive ketones (excluding diaryl/α,β-unsaturated/α-hetero) is 2. The van der Waals surface area contributed by atoms with Crippen LogP contribution in [0.2, 0.25) is 0 Å². The van der Waals surface area contributed by atoms with Gasteiger partial charge in [-0.05, 0) is 0 Å². The maximum absolute atomic E-state index is 10.8. The van der Waals surface area contributed by atoms with E-state index >= 15 is 0 Å². The van der Waals surface area contributed by atoms with Crippen molar-refractivity contribution in [1.29, 1.82) is 0 Å². The monoisotopic (exact) mass is 162 g/mol. The highest BCUT2D eigenvalue weighted by atomic mass is 35.5. The Labute approximate surface area is 65.6 Å². The van der Waals surface area contributed by atoms with Crippen LogP contribution in [0.4, 0.5) is 0 Å². The molecule has 0 aromatic heterocycles. The molecule has 0 spiro atoms. The summed E-state index contributed by atoms with van der Waals surface area (Å²) in [7, 11) is 0. The zero-order chi connectivity index (χ0) is 8.15. The molecule has 0 aromatic rings. The van der Waals surface area contributed by atoms with Crippen molar-refractivity contribution in [1.82, 2.24) is 0 Å². The Morgan fingerprint density at radius 1 is 1.20 bits per heavy atom. The standard InChI is InChI=1S/C7H11ClO2/c1-3-5(9)7(8)6(10)4-2/h7H,3-4H2,1-2H3. The van der Waals surface area contributed by atoms with E-state index in [-0.39, 0.29) is 11.6 Å². The minimum Gasteiger partial charge on any atom is -0.298 e. The molecule has 0 bridgehead atoms. The smallest absolute Gasteiger partial charge is 0.157 e. The van der Waals surface area contributed by atoms with Crippen LogP contribution < -0.4 is 0 Å². The van der Waals surface area contributed by atoms with Crippen LogP contribution in [0.3, 0.4) is 0 Å². The summed E-state index contributed by atoms with van der Waals surface area (Å²) in [6.45, 7) is 3.39. The third-order valence-corrected chi connectivity index (χ3v) is 1.75. The predicted molar refractivity (Wildman–Crippen MR) is 40.2 cm³/mol. The van der Waals surface area contributed by atoms with Crippen LogP contribution in [0, 0.1) is 0 Å². The van der Waals surface area contributed by atoms with Gasteiger partial charge in [0.1, 0.15) is 0 Å². The third-order valence-electron chi connectivity index (χ3n) is 1.26. The molecule has 0 radical (unpaired) electrons. The lowest BCUT2D eigenvalue weighted by atomic mass is 10.1. The van der Waals surface area contributed by atoms with E-state index in [1.165, 1.54) is 0 Å². The molecule has 0 rings (SSSR count). The molecule has 0 saturated carbocycles. The number of hydrogen-bond donors (Lipinski definition) is 0. The Morgan fingerprint density at radius 3 is 1.70 bits per heavy atom. The van der Waals surface area contributed by atoms with Gasteiger partial charge in [0.25, 0.3) is 0 Å². The summed E-state index contributed by atoms with van der Waals surface area (Å²) in [6, 6.07) is 0. The normalized spacial score (nSPS) is 10.0. The summed E-state index contributed by atoms with van der Waals surface area (Å²) in [5.74, 6) is -0.373. The van der Waals surface area contributed by atoms with E-state index in [2.05, 4.69) is 0 Å². The Kier molecular flexibility index (Phi) is 4.28. The molecule has 0 atom stereocenters. The summed E-state index contributed by atoms with van der Waals surface area (Å²) in [6.07, 6.45) is 0.666. The van der Waals surface area contributed by atoms with Gasteiger partial charge >= 0.3 is 0 Å². The maximum Gasteiger partial charge on any atom is 0.157 e. The SMILES string of the molecule is CCC(=O)C(Cl)C(=O)CC. The molecule has 0 aliphatic rings.